The van der Waals surface area contributed by atoms with Crippen molar-refractivity contribution >= 4 is 28.0 Å². The van der Waals surface area contributed by atoms with E-state index in [-0.39, 0.29) is 5.82 Å². The Labute approximate surface area is 221 Å². The number of pyridine rings is 1. The molecule has 0 bridgehead atoms. The predicted molar refractivity (Wildman–Crippen MR) is 150 cm³/mol. The van der Waals surface area contributed by atoms with Crippen molar-refractivity contribution in [2.75, 3.05) is 36.5 Å². The summed E-state index contributed by atoms with van der Waals surface area (Å²) in [6.45, 7) is 6.85. The highest BCUT2D eigenvalue weighted by Gasteiger charge is 2.20. The van der Waals surface area contributed by atoms with E-state index in [1.807, 2.05) is 44.2 Å². The average molecular weight is 506 g/mol. The molecule has 0 aliphatic carbocycles. The molecule has 1 N–H and O–H groups in total. The van der Waals surface area contributed by atoms with Gasteiger partial charge in [0.2, 0.25) is 0 Å². The molecule has 0 spiro atoms. The van der Waals surface area contributed by atoms with E-state index in [0.717, 1.165) is 63.7 Å². The number of hydrogen-bond acceptors (Lipinski definition) is 6. The molecule has 6 rings (SSSR count). The van der Waals surface area contributed by atoms with Crippen LogP contribution < -0.4 is 10.2 Å². The van der Waals surface area contributed by atoms with E-state index in [1.54, 1.807) is 18.3 Å². The Morgan fingerprint density at radius 2 is 1.68 bits per heavy atom. The lowest BCUT2D eigenvalue weighted by atomic mass is 10.0. The number of halogens is 1. The zero-order valence-corrected chi connectivity index (χ0v) is 21.4. The maximum atomic E-state index is 14.9. The minimum absolute atomic E-state index is 0.292. The second-order valence-corrected chi connectivity index (χ2v) is 9.40. The van der Waals surface area contributed by atoms with Crippen LogP contribution in [0, 0.1) is 19.7 Å². The van der Waals surface area contributed by atoms with E-state index >= 15 is 0 Å². The third-order valence-electron chi connectivity index (χ3n) is 6.94. The van der Waals surface area contributed by atoms with Gasteiger partial charge in [-0.05, 0) is 55.8 Å². The Balaban J connectivity index is 1.53. The average Bonchev–Trinajstić information content (AvgIpc) is 2.95. The Hall–Kier alpha value is -4.36. The van der Waals surface area contributed by atoms with Crippen molar-refractivity contribution in [3.8, 4) is 22.5 Å². The van der Waals surface area contributed by atoms with Crippen molar-refractivity contribution in [2.24, 2.45) is 0 Å². The summed E-state index contributed by atoms with van der Waals surface area (Å²) in [5.41, 5.74) is 7.56. The van der Waals surface area contributed by atoms with Gasteiger partial charge >= 0.3 is 0 Å². The summed E-state index contributed by atoms with van der Waals surface area (Å²) in [5, 5.41) is 4.72. The highest BCUT2D eigenvalue weighted by Crippen LogP contribution is 2.39. The number of hydrogen-bond donors (Lipinski definition) is 1. The first kappa shape index (κ1) is 24.0. The van der Waals surface area contributed by atoms with Crippen LogP contribution in [0.5, 0.6) is 0 Å². The summed E-state index contributed by atoms with van der Waals surface area (Å²) in [6, 6.07) is 23.0. The highest BCUT2D eigenvalue weighted by atomic mass is 19.1. The molecule has 7 heteroatoms. The smallest absolute Gasteiger partial charge is 0.132 e. The standard InChI is InChI=1S/C31H28FN5O/c1-20-30(23-7-3-5-9-25(23)32)35-27-10-6-4-8-24(27)31(20)36-28-19-22(26-13-14-33-21(2)34-26)11-12-29(28)37-15-17-38-18-16-37/h3-14,19H,15-18H2,1-2H3,(H,35,36). The van der Waals surface area contributed by atoms with Crippen LogP contribution in [0.1, 0.15) is 11.4 Å². The number of aromatic nitrogens is 3. The fourth-order valence-corrected chi connectivity index (χ4v) is 5.01. The van der Waals surface area contributed by atoms with Gasteiger partial charge in [0.15, 0.2) is 0 Å². The number of fused-ring (bicyclic) bond motifs is 1. The lowest BCUT2D eigenvalue weighted by molar-refractivity contribution is 0.123. The number of aryl methyl sites for hydroxylation is 1. The van der Waals surface area contributed by atoms with Gasteiger partial charge < -0.3 is 15.0 Å². The molecule has 0 saturated carbocycles. The molecule has 5 aromatic rings. The third kappa shape index (κ3) is 4.57. The van der Waals surface area contributed by atoms with Crippen LogP contribution in [0.15, 0.2) is 79.0 Å². The summed E-state index contributed by atoms with van der Waals surface area (Å²) in [5.74, 6) is 0.430. The number of para-hydroxylation sites is 1. The minimum Gasteiger partial charge on any atom is -0.378 e. The lowest BCUT2D eigenvalue weighted by Gasteiger charge is -2.31. The monoisotopic (exact) mass is 505 g/mol. The van der Waals surface area contributed by atoms with Crippen molar-refractivity contribution in [1.29, 1.82) is 0 Å². The first-order valence-electron chi connectivity index (χ1n) is 12.8. The zero-order valence-electron chi connectivity index (χ0n) is 21.4. The van der Waals surface area contributed by atoms with E-state index in [0.29, 0.717) is 24.5 Å². The molecule has 2 aromatic heterocycles. The first-order valence-corrected chi connectivity index (χ1v) is 12.8. The van der Waals surface area contributed by atoms with Crippen LogP contribution in [0.2, 0.25) is 0 Å². The van der Waals surface area contributed by atoms with Crippen molar-refractivity contribution in [3.05, 3.63) is 96.2 Å². The molecule has 1 aliphatic rings. The molecule has 3 aromatic carbocycles. The Morgan fingerprint density at radius 1 is 0.895 bits per heavy atom. The second kappa shape index (κ2) is 10.2. The van der Waals surface area contributed by atoms with Crippen molar-refractivity contribution in [1.82, 2.24) is 15.0 Å². The number of benzene rings is 3. The molecule has 1 aliphatic heterocycles. The van der Waals surface area contributed by atoms with E-state index in [1.165, 1.54) is 6.07 Å². The van der Waals surface area contributed by atoms with Crippen molar-refractivity contribution in [3.63, 3.8) is 0 Å². The van der Waals surface area contributed by atoms with Gasteiger partial charge in [-0.15, -0.1) is 0 Å². The third-order valence-corrected chi connectivity index (χ3v) is 6.94. The zero-order chi connectivity index (χ0) is 26.1. The SMILES string of the molecule is Cc1nccc(-c2ccc(N3CCOCC3)c(Nc3c(C)c(-c4ccccc4F)nc4ccccc34)c2)n1. The summed E-state index contributed by atoms with van der Waals surface area (Å²) in [4.78, 5) is 16.1. The molecular formula is C31H28FN5O. The number of ether oxygens (including phenoxy) is 1. The van der Waals surface area contributed by atoms with Gasteiger partial charge in [-0.3, -0.25) is 0 Å². The minimum atomic E-state index is -0.292. The quantitative estimate of drug-likeness (QED) is 0.287. The molecule has 38 heavy (non-hydrogen) atoms. The Bertz CT molecular complexity index is 1630. The van der Waals surface area contributed by atoms with Crippen LogP contribution in [0.25, 0.3) is 33.4 Å². The maximum Gasteiger partial charge on any atom is 0.132 e. The maximum absolute atomic E-state index is 14.9. The molecule has 190 valence electrons. The largest absolute Gasteiger partial charge is 0.378 e. The first-order chi connectivity index (χ1) is 18.6. The highest BCUT2D eigenvalue weighted by molar-refractivity contribution is 5.99. The lowest BCUT2D eigenvalue weighted by Crippen LogP contribution is -2.36. The number of nitrogens with zero attached hydrogens (tertiary/aromatic N) is 4. The van der Waals surface area contributed by atoms with Gasteiger partial charge in [-0.2, -0.15) is 0 Å². The number of morpholine rings is 1. The van der Waals surface area contributed by atoms with Gasteiger partial charge in [-0.25, -0.2) is 19.3 Å². The molecule has 0 radical (unpaired) electrons. The van der Waals surface area contributed by atoms with E-state index in [4.69, 9.17) is 9.72 Å². The summed E-state index contributed by atoms with van der Waals surface area (Å²) < 4.78 is 20.5. The second-order valence-electron chi connectivity index (χ2n) is 9.40. The van der Waals surface area contributed by atoms with Crippen LogP contribution in [0.4, 0.5) is 21.5 Å². The fourth-order valence-electron chi connectivity index (χ4n) is 5.01. The molecule has 1 fully saturated rings. The molecule has 0 atom stereocenters. The van der Waals surface area contributed by atoms with Gasteiger partial charge in [-0.1, -0.05) is 36.4 Å². The number of anilines is 3. The number of nitrogens with one attached hydrogen (secondary N) is 1. The van der Waals surface area contributed by atoms with E-state index in [9.17, 15) is 4.39 Å². The molecule has 3 heterocycles. The summed E-state index contributed by atoms with van der Waals surface area (Å²) in [7, 11) is 0. The molecule has 0 amide bonds. The molecule has 0 unspecified atom stereocenters. The van der Waals surface area contributed by atoms with Crippen LogP contribution in [0.3, 0.4) is 0 Å². The van der Waals surface area contributed by atoms with Crippen LogP contribution in [-0.2, 0) is 4.74 Å². The van der Waals surface area contributed by atoms with Gasteiger partial charge in [0.25, 0.3) is 0 Å². The van der Waals surface area contributed by atoms with Gasteiger partial charge in [0.05, 0.1) is 47.2 Å². The molecular weight excluding hydrogens is 477 g/mol. The normalized spacial score (nSPS) is 13.6. The Morgan fingerprint density at radius 3 is 2.50 bits per heavy atom. The van der Waals surface area contributed by atoms with E-state index < -0.39 is 0 Å². The van der Waals surface area contributed by atoms with E-state index in [2.05, 4.69) is 44.5 Å². The summed E-state index contributed by atoms with van der Waals surface area (Å²) in [6.07, 6.45) is 1.78. The summed E-state index contributed by atoms with van der Waals surface area (Å²) >= 11 is 0. The van der Waals surface area contributed by atoms with Gasteiger partial charge in [0.1, 0.15) is 11.6 Å². The van der Waals surface area contributed by atoms with Crippen LogP contribution in [-0.4, -0.2) is 41.3 Å². The van der Waals surface area contributed by atoms with Crippen LogP contribution >= 0.6 is 0 Å². The van der Waals surface area contributed by atoms with Crippen molar-refractivity contribution in [2.45, 2.75) is 13.8 Å². The topological polar surface area (TPSA) is 63.2 Å². The molecule has 1 saturated heterocycles. The Kier molecular flexibility index (Phi) is 6.43. The fraction of sp³-hybridized carbons (Fsp3) is 0.194. The molecule has 6 nitrogen and oxygen atoms in total. The van der Waals surface area contributed by atoms with Crippen molar-refractivity contribution < 1.29 is 9.13 Å². The number of rotatable bonds is 5. The van der Waals surface area contributed by atoms with Gasteiger partial charge in [0, 0.05) is 35.8 Å². The predicted octanol–water partition coefficient (Wildman–Crippen LogP) is 6.69.